The summed E-state index contributed by atoms with van der Waals surface area (Å²) in [5.74, 6) is -2.25. The van der Waals surface area contributed by atoms with Crippen LogP contribution in [0.3, 0.4) is 0 Å². The molecular weight excluding hydrogens is 406 g/mol. The van der Waals surface area contributed by atoms with Gasteiger partial charge in [0.15, 0.2) is 5.78 Å². The number of ketones is 1. The number of aliphatic carboxylic acids is 2. The van der Waals surface area contributed by atoms with Gasteiger partial charge >= 0.3 is 11.9 Å². The Kier molecular flexibility index (Phi) is 6.81. The Morgan fingerprint density at radius 1 is 1.13 bits per heavy atom. The minimum Gasteiger partial charge on any atom is -0.481 e. The van der Waals surface area contributed by atoms with Crippen molar-refractivity contribution in [1.29, 1.82) is 0 Å². The van der Waals surface area contributed by atoms with Crippen molar-refractivity contribution in [2.45, 2.75) is 57.2 Å². The Labute approximate surface area is 180 Å². The summed E-state index contributed by atoms with van der Waals surface area (Å²) in [6.45, 7) is 8.61. The zero-order chi connectivity index (χ0) is 22.9. The van der Waals surface area contributed by atoms with Gasteiger partial charge in [0, 0.05) is 11.2 Å². The smallest absolute Gasteiger partial charge is 0.327 e. The van der Waals surface area contributed by atoms with Crippen molar-refractivity contribution < 1.29 is 29.4 Å². The molecule has 0 aromatic heterocycles. The highest BCUT2D eigenvalue weighted by atomic mass is 32.2. The predicted molar refractivity (Wildman–Crippen MR) is 114 cm³/mol. The maximum Gasteiger partial charge on any atom is 0.327 e. The lowest BCUT2D eigenvalue weighted by molar-refractivity contribution is -0.152. The fourth-order valence-electron chi connectivity index (χ4n) is 3.08. The number of thioether (sulfide) groups is 1. The number of nitrogens with zero attached hydrogens (tertiary/aromatic N) is 1. The highest BCUT2D eigenvalue weighted by Gasteiger charge is 2.61. The summed E-state index contributed by atoms with van der Waals surface area (Å²) in [6.07, 6.45) is 1.62. The van der Waals surface area contributed by atoms with E-state index in [1.807, 2.05) is 44.2 Å². The van der Waals surface area contributed by atoms with Gasteiger partial charge in [-0.1, -0.05) is 30.3 Å². The average molecular weight is 434 g/mol. The van der Waals surface area contributed by atoms with Crippen LogP contribution in [-0.4, -0.2) is 54.9 Å². The Hall–Kier alpha value is -2.61. The SMILES string of the molecule is CC(C)(C)C(=O)O.CC1(C)S[C@@H]2C(=CC(=O)Cc3ccccc3)C(=O)N2[C@H]1C(=O)O. The highest BCUT2D eigenvalue weighted by Crippen LogP contribution is 2.52. The number of carbonyl (C=O) groups excluding carboxylic acids is 2. The summed E-state index contributed by atoms with van der Waals surface area (Å²) < 4.78 is -0.579. The monoisotopic (exact) mass is 433 g/mol. The van der Waals surface area contributed by atoms with Crippen LogP contribution in [0.1, 0.15) is 40.2 Å². The van der Waals surface area contributed by atoms with Gasteiger partial charge in [0.1, 0.15) is 11.4 Å². The maximum absolute atomic E-state index is 12.3. The minimum atomic E-state index is -1.01. The van der Waals surface area contributed by atoms with Crippen LogP contribution in [0.5, 0.6) is 0 Å². The summed E-state index contributed by atoms with van der Waals surface area (Å²) in [5.41, 5.74) is 0.716. The Balaban J connectivity index is 0.000000396. The number of benzene rings is 1. The predicted octanol–water partition coefficient (Wildman–Crippen LogP) is 2.99. The van der Waals surface area contributed by atoms with Crippen molar-refractivity contribution in [3.63, 3.8) is 0 Å². The minimum absolute atomic E-state index is 0.142. The molecule has 0 bridgehead atoms. The molecule has 0 radical (unpaired) electrons. The van der Waals surface area contributed by atoms with E-state index >= 15 is 0 Å². The molecule has 7 nitrogen and oxygen atoms in total. The molecule has 1 aromatic carbocycles. The third kappa shape index (κ3) is 5.11. The first-order valence-corrected chi connectivity index (χ1v) is 10.4. The van der Waals surface area contributed by atoms with Gasteiger partial charge in [-0.25, -0.2) is 4.79 Å². The quantitative estimate of drug-likeness (QED) is 0.554. The molecule has 1 aromatic rings. The largest absolute Gasteiger partial charge is 0.481 e. The van der Waals surface area contributed by atoms with Crippen molar-refractivity contribution in [2.75, 3.05) is 0 Å². The highest BCUT2D eigenvalue weighted by molar-refractivity contribution is 8.01. The van der Waals surface area contributed by atoms with Crippen LogP contribution in [0.4, 0.5) is 0 Å². The molecule has 2 saturated heterocycles. The molecule has 3 rings (SSSR count). The summed E-state index contributed by atoms with van der Waals surface area (Å²) in [6, 6.07) is 8.46. The van der Waals surface area contributed by atoms with Crippen molar-refractivity contribution in [2.24, 2.45) is 5.41 Å². The number of allylic oxidation sites excluding steroid dienone is 1. The van der Waals surface area contributed by atoms with E-state index in [0.29, 0.717) is 5.57 Å². The molecule has 8 heteroatoms. The molecule has 2 atom stereocenters. The van der Waals surface area contributed by atoms with Crippen molar-refractivity contribution >= 4 is 35.4 Å². The third-order valence-corrected chi connectivity index (χ3v) is 6.30. The maximum atomic E-state index is 12.3. The van der Waals surface area contributed by atoms with Crippen LogP contribution < -0.4 is 0 Å². The van der Waals surface area contributed by atoms with Crippen LogP contribution in [0.15, 0.2) is 42.0 Å². The third-order valence-electron chi connectivity index (χ3n) is 4.77. The summed E-state index contributed by atoms with van der Waals surface area (Å²) in [4.78, 5) is 47.2. The van der Waals surface area contributed by atoms with Gasteiger partial charge in [-0.3, -0.25) is 14.4 Å². The number of hydrogen-bond acceptors (Lipinski definition) is 5. The van der Waals surface area contributed by atoms with Gasteiger partial charge in [0.05, 0.1) is 11.0 Å². The van der Waals surface area contributed by atoms with E-state index in [0.717, 1.165) is 5.56 Å². The van der Waals surface area contributed by atoms with Gasteiger partial charge in [-0.15, -0.1) is 11.8 Å². The number of amides is 1. The molecule has 2 N–H and O–H groups in total. The van der Waals surface area contributed by atoms with E-state index in [9.17, 15) is 24.3 Å². The van der Waals surface area contributed by atoms with E-state index < -0.39 is 28.1 Å². The van der Waals surface area contributed by atoms with Crippen LogP contribution in [0, 0.1) is 5.41 Å². The van der Waals surface area contributed by atoms with Crippen LogP contribution in [0.25, 0.3) is 0 Å². The lowest BCUT2D eigenvalue weighted by atomic mass is 9.94. The van der Waals surface area contributed by atoms with Crippen LogP contribution in [-0.2, 0) is 25.6 Å². The molecule has 30 heavy (non-hydrogen) atoms. The molecule has 2 aliphatic rings. The Morgan fingerprint density at radius 3 is 2.13 bits per heavy atom. The Morgan fingerprint density at radius 2 is 1.67 bits per heavy atom. The number of rotatable bonds is 4. The second kappa shape index (κ2) is 8.63. The standard InChI is InChI=1S/C17H17NO4S.C5H10O2/c1-17(2)13(16(21)22)18-14(20)12(15(18)23-17)9-11(19)8-10-6-4-3-5-7-10;1-5(2,3)4(6)7/h3-7,9,13,15H,8H2,1-2H3,(H,21,22);1-3H3,(H,6,7)/t13-,15+;/m0./s1. The average Bonchev–Trinajstić information content (AvgIpc) is 2.88. The molecule has 0 unspecified atom stereocenters. The molecule has 2 heterocycles. The molecule has 162 valence electrons. The first-order chi connectivity index (χ1) is 13.8. The van der Waals surface area contributed by atoms with Gasteiger partial charge in [-0.2, -0.15) is 0 Å². The van der Waals surface area contributed by atoms with Crippen molar-refractivity contribution in [1.82, 2.24) is 4.90 Å². The molecular formula is C22H27NO6S. The van der Waals surface area contributed by atoms with E-state index in [4.69, 9.17) is 5.11 Å². The number of hydrogen-bond donors (Lipinski definition) is 2. The normalized spacial score (nSPS) is 23.2. The first-order valence-electron chi connectivity index (χ1n) is 9.50. The summed E-state index contributed by atoms with van der Waals surface area (Å²) in [7, 11) is 0. The fourth-order valence-corrected chi connectivity index (χ4v) is 4.62. The molecule has 1 amide bonds. The van der Waals surface area contributed by atoms with E-state index in [1.54, 1.807) is 20.8 Å². The van der Waals surface area contributed by atoms with Gasteiger partial charge < -0.3 is 15.1 Å². The zero-order valence-corrected chi connectivity index (χ0v) is 18.5. The van der Waals surface area contributed by atoms with E-state index in [1.165, 1.54) is 22.7 Å². The second-order valence-electron chi connectivity index (χ2n) is 8.81. The van der Waals surface area contributed by atoms with Gasteiger partial charge in [-0.05, 0) is 46.3 Å². The van der Waals surface area contributed by atoms with Crippen molar-refractivity contribution in [3.8, 4) is 0 Å². The van der Waals surface area contributed by atoms with Crippen LogP contribution in [0.2, 0.25) is 0 Å². The summed E-state index contributed by atoms with van der Waals surface area (Å²) in [5, 5.41) is 17.3. The lowest BCUT2D eigenvalue weighted by Gasteiger charge is -2.38. The number of carboxylic acid groups (broad SMARTS) is 2. The van der Waals surface area contributed by atoms with E-state index in [-0.39, 0.29) is 23.5 Å². The second-order valence-corrected chi connectivity index (χ2v) is 10.5. The van der Waals surface area contributed by atoms with E-state index in [2.05, 4.69) is 0 Å². The molecule has 0 aliphatic carbocycles. The molecule has 2 fully saturated rings. The number of fused-ring (bicyclic) bond motifs is 1. The van der Waals surface area contributed by atoms with Crippen molar-refractivity contribution in [3.05, 3.63) is 47.5 Å². The topological polar surface area (TPSA) is 112 Å². The number of carboxylic acids is 2. The van der Waals surface area contributed by atoms with Gasteiger partial charge in [0.25, 0.3) is 5.91 Å². The van der Waals surface area contributed by atoms with Crippen LogP contribution >= 0.6 is 11.8 Å². The molecule has 0 spiro atoms. The number of carbonyl (C=O) groups is 4. The molecule has 2 aliphatic heterocycles. The fraction of sp³-hybridized carbons (Fsp3) is 0.455. The summed E-state index contributed by atoms with van der Waals surface area (Å²) >= 11 is 1.42. The lowest BCUT2D eigenvalue weighted by Crippen LogP contribution is -2.58. The molecule has 0 saturated carbocycles. The number of β-lactam (4-membered cyclic amide) rings is 1. The Bertz CT molecular complexity index is 885. The first kappa shape index (κ1) is 23.7. The zero-order valence-electron chi connectivity index (χ0n) is 17.7. The van der Waals surface area contributed by atoms with Gasteiger partial charge in [0.2, 0.25) is 0 Å².